The molecule has 0 heterocycles. The van der Waals surface area contributed by atoms with Crippen LogP contribution < -0.4 is 4.74 Å². The average Bonchev–Trinajstić information content (AvgIpc) is 2.46. The van der Waals surface area contributed by atoms with E-state index < -0.39 is 5.97 Å². The van der Waals surface area contributed by atoms with Crippen LogP contribution in [0.15, 0.2) is 42.5 Å². The minimum atomic E-state index is -0.496. The summed E-state index contributed by atoms with van der Waals surface area (Å²) in [6, 6.07) is 10.8. The molecule has 0 amide bonds. The van der Waals surface area contributed by atoms with Crippen LogP contribution >= 0.6 is 23.2 Å². The van der Waals surface area contributed by atoms with E-state index in [1.165, 1.54) is 24.3 Å². The monoisotopic (exact) mass is 326 g/mol. The van der Waals surface area contributed by atoms with E-state index in [-0.39, 0.29) is 19.0 Å². The fourth-order valence-electron chi connectivity index (χ4n) is 1.58. The molecule has 0 aliphatic rings. The van der Waals surface area contributed by atoms with Gasteiger partial charge in [0.1, 0.15) is 19.0 Å². The number of rotatable bonds is 5. The van der Waals surface area contributed by atoms with Gasteiger partial charge in [0, 0.05) is 0 Å². The van der Waals surface area contributed by atoms with E-state index in [1.807, 2.05) is 0 Å². The van der Waals surface area contributed by atoms with Crippen molar-refractivity contribution in [2.75, 3.05) is 13.2 Å². The molecule has 0 spiro atoms. The molecule has 0 radical (unpaired) electrons. The summed E-state index contributed by atoms with van der Waals surface area (Å²) in [7, 11) is 0. The second-order valence-electron chi connectivity index (χ2n) is 4.08. The molecule has 2 aromatic carbocycles. The summed E-state index contributed by atoms with van der Waals surface area (Å²) < 4.78 is 10.4. The van der Waals surface area contributed by atoms with E-state index in [0.29, 0.717) is 21.4 Å². The average molecular weight is 327 g/mol. The molecule has 1 N–H and O–H groups in total. The van der Waals surface area contributed by atoms with Crippen LogP contribution in [0.3, 0.4) is 0 Å². The summed E-state index contributed by atoms with van der Waals surface area (Å²) >= 11 is 11.9. The second kappa shape index (κ2) is 7.20. The van der Waals surface area contributed by atoms with Crippen molar-refractivity contribution in [3.63, 3.8) is 0 Å². The van der Waals surface area contributed by atoms with Crippen molar-refractivity contribution in [2.45, 2.75) is 0 Å². The molecule has 0 unspecified atom stereocenters. The smallest absolute Gasteiger partial charge is 0.338 e. The highest BCUT2D eigenvalue weighted by molar-refractivity contribution is 6.37. The predicted molar refractivity (Wildman–Crippen MR) is 80.3 cm³/mol. The van der Waals surface area contributed by atoms with E-state index in [1.54, 1.807) is 18.2 Å². The first-order chi connectivity index (χ1) is 10.1. The first-order valence-electron chi connectivity index (χ1n) is 6.11. The summed E-state index contributed by atoms with van der Waals surface area (Å²) in [6.07, 6.45) is 0. The highest BCUT2D eigenvalue weighted by Gasteiger charge is 2.09. The topological polar surface area (TPSA) is 55.8 Å². The molecule has 6 heteroatoms. The van der Waals surface area contributed by atoms with Gasteiger partial charge in [-0.3, -0.25) is 0 Å². The van der Waals surface area contributed by atoms with E-state index in [9.17, 15) is 4.79 Å². The number of phenols is 1. The third kappa shape index (κ3) is 4.28. The fraction of sp³-hybridized carbons (Fsp3) is 0.133. The van der Waals surface area contributed by atoms with Gasteiger partial charge in [-0.2, -0.15) is 0 Å². The van der Waals surface area contributed by atoms with Gasteiger partial charge >= 0.3 is 5.97 Å². The van der Waals surface area contributed by atoms with Crippen LogP contribution in [0.4, 0.5) is 0 Å². The number of aromatic hydroxyl groups is 1. The van der Waals surface area contributed by atoms with Crippen molar-refractivity contribution in [1.82, 2.24) is 0 Å². The lowest BCUT2D eigenvalue weighted by Gasteiger charge is -2.10. The largest absolute Gasteiger partial charge is 0.508 e. The molecule has 21 heavy (non-hydrogen) atoms. The number of esters is 1. The molecule has 0 aliphatic carbocycles. The normalized spacial score (nSPS) is 10.2. The van der Waals surface area contributed by atoms with Gasteiger partial charge in [-0.15, -0.1) is 0 Å². The Morgan fingerprint density at radius 2 is 1.62 bits per heavy atom. The first-order valence-corrected chi connectivity index (χ1v) is 6.86. The Hall–Kier alpha value is -1.91. The molecule has 4 nitrogen and oxygen atoms in total. The number of ether oxygens (including phenoxy) is 2. The zero-order chi connectivity index (χ0) is 15.2. The van der Waals surface area contributed by atoms with E-state index >= 15 is 0 Å². The third-order valence-electron chi connectivity index (χ3n) is 2.58. The maximum atomic E-state index is 11.7. The number of hydrogen-bond acceptors (Lipinski definition) is 4. The first kappa shape index (κ1) is 15.5. The van der Waals surface area contributed by atoms with Gasteiger partial charge in [0.2, 0.25) is 0 Å². The minimum Gasteiger partial charge on any atom is -0.508 e. The van der Waals surface area contributed by atoms with E-state index in [2.05, 4.69) is 0 Å². The molecule has 0 aromatic heterocycles. The van der Waals surface area contributed by atoms with E-state index in [0.717, 1.165) is 0 Å². The van der Waals surface area contributed by atoms with Crippen LogP contribution in [-0.2, 0) is 4.74 Å². The van der Waals surface area contributed by atoms with Crippen LogP contribution in [0, 0.1) is 0 Å². The zero-order valence-corrected chi connectivity index (χ0v) is 12.4. The van der Waals surface area contributed by atoms with Crippen molar-refractivity contribution in [3.05, 3.63) is 58.1 Å². The number of halogens is 2. The Kier molecular flexibility index (Phi) is 5.31. The summed E-state index contributed by atoms with van der Waals surface area (Å²) in [5.74, 6) is -0.0476. The van der Waals surface area contributed by atoms with Gasteiger partial charge < -0.3 is 14.6 Å². The van der Waals surface area contributed by atoms with Crippen LogP contribution in [-0.4, -0.2) is 24.3 Å². The fourth-order valence-corrected chi connectivity index (χ4v) is 2.09. The summed E-state index contributed by atoms with van der Waals surface area (Å²) in [5, 5.41) is 9.92. The Morgan fingerprint density at radius 1 is 1.00 bits per heavy atom. The lowest BCUT2D eigenvalue weighted by atomic mass is 10.2. The van der Waals surface area contributed by atoms with Crippen LogP contribution in [0.25, 0.3) is 0 Å². The van der Waals surface area contributed by atoms with Gasteiger partial charge in [0.15, 0.2) is 5.75 Å². The number of hydrogen-bond donors (Lipinski definition) is 1. The standard InChI is InChI=1S/C15H12Cl2O4/c16-12-2-1-3-13(17)14(12)20-8-9-21-15(19)10-4-6-11(18)7-5-10/h1-7,18H,8-9H2. The number of carbonyl (C=O) groups is 1. The number of benzene rings is 2. The number of para-hydroxylation sites is 1. The van der Waals surface area contributed by atoms with Crippen molar-refractivity contribution in [2.24, 2.45) is 0 Å². The molecule has 0 atom stereocenters. The Labute approximate surface area is 131 Å². The van der Waals surface area contributed by atoms with Crippen molar-refractivity contribution >= 4 is 29.2 Å². The maximum absolute atomic E-state index is 11.7. The molecule has 0 saturated heterocycles. The van der Waals surface area contributed by atoms with Crippen LogP contribution in [0.2, 0.25) is 10.0 Å². The van der Waals surface area contributed by atoms with Crippen molar-refractivity contribution in [3.8, 4) is 11.5 Å². The second-order valence-corrected chi connectivity index (χ2v) is 4.90. The Bertz CT molecular complexity index is 606. The van der Waals surface area contributed by atoms with Gasteiger partial charge in [0.25, 0.3) is 0 Å². The van der Waals surface area contributed by atoms with Crippen molar-refractivity contribution in [1.29, 1.82) is 0 Å². The van der Waals surface area contributed by atoms with Gasteiger partial charge in [-0.1, -0.05) is 29.3 Å². The van der Waals surface area contributed by atoms with Crippen molar-refractivity contribution < 1.29 is 19.4 Å². The zero-order valence-electron chi connectivity index (χ0n) is 10.9. The molecule has 2 aromatic rings. The molecule has 0 aliphatic heterocycles. The molecule has 110 valence electrons. The van der Waals surface area contributed by atoms with Crippen LogP contribution in [0.5, 0.6) is 11.5 Å². The third-order valence-corrected chi connectivity index (χ3v) is 3.18. The molecule has 0 saturated carbocycles. The number of carbonyl (C=O) groups excluding carboxylic acids is 1. The quantitative estimate of drug-likeness (QED) is 0.668. The summed E-state index contributed by atoms with van der Waals surface area (Å²) in [4.78, 5) is 11.7. The molecule has 2 rings (SSSR count). The molecular weight excluding hydrogens is 315 g/mol. The lowest BCUT2D eigenvalue weighted by molar-refractivity contribution is 0.0450. The SMILES string of the molecule is O=C(OCCOc1c(Cl)cccc1Cl)c1ccc(O)cc1. The summed E-state index contributed by atoms with van der Waals surface area (Å²) in [5.41, 5.74) is 0.351. The Balaban J connectivity index is 1.82. The molecular formula is C15H12Cl2O4. The highest BCUT2D eigenvalue weighted by atomic mass is 35.5. The number of phenolic OH excluding ortho intramolecular Hbond substituents is 1. The van der Waals surface area contributed by atoms with Crippen LogP contribution in [0.1, 0.15) is 10.4 Å². The lowest BCUT2D eigenvalue weighted by Crippen LogP contribution is -2.12. The minimum absolute atomic E-state index is 0.0568. The maximum Gasteiger partial charge on any atom is 0.338 e. The van der Waals surface area contributed by atoms with Gasteiger partial charge in [0.05, 0.1) is 15.6 Å². The predicted octanol–water partition coefficient (Wildman–Crippen LogP) is 3.93. The van der Waals surface area contributed by atoms with Gasteiger partial charge in [-0.25, -0.2) is 4.79 Å². The highest BCUT2D eigenvalue weighted by Crippen LogP contribution is 2.32. The molecule has 0 fully saturated rings. The summed E-state index contributed by atoms with van der Waals surface area (Å²) in [6.45, 7) is 0.189. The van der Waals surface area contributed by atoms with Gasteiger partial charge in [-0.05, 0) is 36.4 Å². The van der Waals surface area contributed by atoms with E-state index in [4.69, 9.17) is 37.8 Å². The molecule has 0 bridgehead atoms. The Morgan fingerprint density at radius 3 is 2.24 bits per heavy atom.